The fraction of sp³-hybridized carbons (Fsp3) is 0.278. The molecule has 0 aliphatic rings. The maximum absolute atomic E-state index is 12.9. The van der Waals surface area contributed by atoms with Gasteiger partial charge in [0.2, 0.25) is 0 Å². The predicted molar refractivity (Wildman–Crippen MR) is 110 cm³/mol. The van der Waals surface area contributed by atoms with Crippen molar-refractivity contribution in [2.45, 2.75) is 18.0 Å². The first-order valence-corrected chi connectivity index (χ1v) is 12.6. The van der Waals surface area contributed by atoms with E-state index in [-0.39, 0.29) is 22.0 Å². The highest BCUT2D eigenvalue weighted by Crippen LogP contribution is 2.33. The average Bonchev–Trinajstić information content (AvgIpc) is 3.02. The standard InChI is InChI=1S/C18H19F3N4O2S2/c1-5-29(26,27)15-8-12(24-28(2,3)4)6-7-13(15)14-10-25-11-22-16(18(19,20)21)9-17(25)23-14/h6-11H,2,5H2,1,3-4H3. The molecule has 1 aromatic carbocycles. The Balaban J connectivity index is 2.23. The van der Waals surface area contributed by atoms with E-state index in [1.165, 1.54) is 23.6 Å². The van der Waals surface area contributed by atoms with Gasteiger partial charge in [0, 0.05) is 17.8 Å². The average molecular weight is 445 g/mol. The minimum Gasteiger partial charge on any atom is -0.290 e. The SMILES string of the molecule is C=S(C)(C)=Nc1ccc(-c2cn3cnc(C(F)(F)F)cc3n2)c(S(=O)(=O)CC)c1. The second-order valence-corrected chi connectivity index (χ2v) is 12.2. The van der Waals surface area contributed by atoms with Gasteiger partial charge in [0.25, 0.3) is 0 Å². The summed E-state index contributed by atoms with van der Waals surface area (Å²) in [5.74, 6) is 3.83. The zero-order valence-electron chi connectivity index (χ0n) is 15.9. The molecule has 0 amide bonds. The Bertz CT molecular complexity index is 1310. The lowest BCUT2D eigenvalue weighted by Crippen LogP contribution is -2.08. The molecule has 0 atom stereocenters. The maximum atomic E-state index is 12.9. The van der Waals surface area contributed by atoms with Crippen LogP contribution in [0.25, 0.3) is 16.9 Å². The third-order valence-corrected chi connectivity index (χ3v) is 6.42. The molecule has 6 nitrogen and oxygen atoms in total. The van der Waals surface area contributed by atoms with Crippen molar-refractivity contribution in [2.75, 3.05) is 18.3 Å². The third kappa shape index (κ3) is 4.61. The van der Waals surface area contributed by atoms with E-state index in [0.717, 1.165) is 12.4 Å². The first-order chi connectivity index (χ1) is 13.3. The topological polar surface area (TPSA) is 76.7 Å². The van der Waals surface area contributed by atoms with Crippen molar-refractivity contribution >= 4 is 36.5 Å². The molecule has 29 heavy (non-hydrogen) atoms. The molecule has 0 radical (unpaired) electrons. The molecule has 2 heterocycles. The van der Waals surface area contributed by atoms with Crippen LogP contribution in [0.3, 0.4) is 0 Å². The van der Waals surface area contributed by atoms with E-state index in [4.69, 9.17) is 0 Å². The van der Waals surface area contributed by atoms with Crippen molar-refractivity contribution < 1.29 is 21.6 Å². The zero-order valence-corrected chi connectivity index (χ0v) is 17.6. The lowest BCUT2D eigenvalue weighted by Gasteiger charge is -2.10. The number of benzene rings is 1. The van der Waals surface area contributed by atoms with E-state index in [9.17, 15) is 21.6 Å². The summed E-state index contributed by atoms with van der Waals surface area (Å²) in [6.45, 7) is 1.52. The van der Waals surface area contributed by atoms with Gasteiger partial charge in [-0.3, -0.25) is 4.40 Å². The molecule has 0 aliphatic carbocycles. The highest BCUT2D eigenvalue weighted by atomic mass is 32.2. The van der Waals surface area contributed by atoms with E-state index in [1.807, 2.05) is 12.5 Å². The lowest BCUT2D eigenvalue weighted by atomic mass is 10.1. The number of sulfone groups is 1. The highest BCUT2D eigenvalue weighted by molar-refractivity contribution is 8.01. The number of rotatable bonds is 4. The second kappa shape index (κ2) is 7.13. The van der Waals surface area contributed by atoms with Gasteiger partial charge in [-0.15, -0.1) is 9.41 Å². The van der Waals surface area contributed by atoms with Crippen LogP contribution in [0.15, 0.2) is 46.0 Å². The van der Waals surface area contributed by atoms with Crippen LogP contribution in [0.5, 0.6) is 0 Å². The molecule has 3 rings (SSSR count). The van der Waals surface area contributed by atoms with E-state index in [2.05, 4.69) is 20.2 Å². The molecule has 11 heteroatoms. The Morgan fingerprint density at radius 3 is 2.48 bits per heavy atom. The van der Waals surface area contributed by atoms with E-state index >= 15 is 0 Å². The van der Waals surface area contributed by atoms with Crippen LogP contribution in [-0.2, 0) is 25.4 Å². The first kappa shape index (κ1) is 21.3. The summed E-state index contributed by atoms with van der Waals surface area (Å²) < 4.78 is 69.8. The molecular weight excluding hydrogens is 425 g/mol. The Morgan fingerprint density at radius 2 is 1.90 bits per heavy atom. The van der Waals surface area contributed by atoms with Gasteiger partial charge in [0.15, 0.2) is 9.84 Å². The van der Waals surface area contributed by atoms with Gasteiger partial charge in [0.1, 0.15) is 17.7 Å². The minimum absolute atomic E-state index is 0.0132. The predicted octanol–water partition coefficient (Wildman–Crippen LogP) is 3.87. The molecule has 0 saturated heterocycles. The number of alkyl halides is 3. The number of imidazole rings is 1. The Labute approximate surface area is 167 Å². The summed E-state index contributed by atoms with van der Waals surface area (Å²) in [5, 5.41) is 0. The van der Waals surface area contributed by atoms with Gasteiger partial charge < -0.3 is 0 Å². The van der Waals surface area contributed by atoms with Crippen molar-refractivity contribution in [1.29, 1.82) is 0 Å². The smallest absolute Gasteiger partial charge is 0.290 e. The molecular formula is C18H19F3N4O2S2. The summed E-state index contributed by atoms with van der Waals surface area (Å²) in [5.41, 5.74) is -0.0657. The fourth-order valence-electron chi connectivity index (χ4n) is 2.65. The van der Waals surface area contributed by atoms with E-state index in [1.54, 1.807) is 12.1 Å². The number of halogens is 3. The Hall–Kier alpha value is -2.40. The molecule has 0 aliphatic heterocycles. The van der Waals surface area contributed by atoms with Crippen molar-refractivity contribution in [3.05, 3.63) is 42.5 Å². The van der Waals surface area contributed by atoms with Crippen LogP contribution in [0, 0.1) is 0 Å². The monoisotopic (exact) mass is 444 g/mol. The summed E-state index contributed by atoms with van der Waals surface area (Å²) in [6, 6.07) is 5.48. The molecule has 0 saturated carbocycles. The van der Waals surface area contributed by atoms with Crippen molar-refractivity contribution in [2.24, 2.45) is 4.36 Å². The van der Waals surface area contributed by atoms with Crippen LogP contribution in [-0.4, -0.2) is 46.9 Å². The highest BCUT2D eigenvalue weighted by Gasteiger charge is 2.33. The normalized spacial score (nSPS) is 13.0. The van der Waals surface area contributed by atoms with Gasteiger partial charge in [-0.2, -0.15) is 13.2 Å². The van der Waals surface area contributed by atoms with Crippen LogP contribution in [0.4, 0.5) is 18.9 Å². The van der Waals surface area contributed by atoms with Gasteiger partial charge in [0.05, 0.1) is 22.0 Å². The zero-order chi connectivity index (χ0) is 21.6. The molecule has 0 unspecified atom stereocenters. The van der Waals surface area contributed by atoms with E-state index < -0.39 is 31.1 Å². The molecule has 0 bridgehead atoms. The van der Waals surface area contributed by atoms with Crippen LogP contribution in [0.1, 0.15) is 12.6 Å². The molecule has 156 valence electrons. The molecule has 0 spiro atoms. The quantitative estimate of drug-likeness (QED) is 0.573. The lowest BCUT2D eigenvalue weighted by molar-refractivity contribution is -0.141. The number of aromatic nitrogens is 3. The van der Waals surface area contributed by atoms with Gasteiger partial charge in [-0.05, 0) is 30.7 Å². The summed E-state index contributed by atoms with van der Waals surface area (Å²) in [6.07, 6.45) is 1.57. The van der Waals surface area contributed by atoms with Crippen LogP contribution < -0.4 is 0 Å². The summed E-state index contributed by atoms with van der Waals surface area (Å²) in [7, 11) is -5.16. The summed E-state index contributed by atoms with van der Waals surface area (Å²) in [4.78, 5) is 7.60. The Kier molecular flexibility index (Phi) is 5.24. The van der Waals surface area contributed by atoms with Gasteiger partial charge >= 0.3 is 6.18 Å². The van der Waals surface area contributed by atoms with Gasteiger partial charge in [-0.25, -0.2) is 22.7 Å². The minimum atomic E-state index is -4.60. The largest absolute Gasteiger partial charge is 0.433 e. The van der Waals surface area contributed by atoms with Crippen molar-refractivity contribution in [3.63, 3.8) is 0 Å². The molecule has 2 aromatic heterocycles. The number of hydrogen-bond acceptors (Lipinski definition) is 5. The summed E-state index contributed by atoms with van der Waals surface area (Å²) >= 11 is 0. The number of hydrogen-bond donors (Lipinski definition) is 0. The molecule has 0 fully saturated rings. The van der Waals surface area contributed by atoms with Crippen molar-refractivity contribution in [3.8, 4) is 11.3 Å². The van der Waals surface area contributed by atoms with Crippen molar-refractivity contribution in [1.82, 2.24) is 14.4 Å². The van der Waals surface area contributed by atoms with Crippen LogP contribution in [0.2, 0.25) is 0 Å². The third-order valence-electron chi connectivity index (χ3n) is 3.95. The molecule has 0 N–H and O–H groups in total. The number of nitrogens with zero attached hydrogens (tertiary/aromatic N) is 4. The fourth-order valence-corrected chi connectivity index (χ4v) is 4.46. The first-order valence-electron chi connectivity index (χ1n) is 8.38. The maximum Gasteiger partial charge on any atom is 0.433 e. The Morgan fingerprint density at radius 1 is 1.21 bits per heavy atom. The number of fused-ring (bicyclic) bond motifs is 1. The van der Waals surface area contributed by atoms with Gasteiger partial charge in [-0.1, -0.05) is 12.8 Å². The van der Waals surface area contributed by atoms with E-state index in [0.29, 0.717) is 11.3 Å². The van der Waals surface area contributed by atoms with Crippen LogP contribution >= 0.6 is 0 Å². The molecule has 3 aromatic rings. The second-order valence-electron chi connectivity index (χ2n) is 6.82.